The molecule has 0 spiro atoms. The van der Waals surface area contributed by atoms with Crippen molar-refractivity contribution < 1.29 is 22.8 Å². The molecule has 2 aromatic carbocycles. The zero-order chi connectivity index (χ0) is 25.0. The summed E-state index contributed by atoms with van der Waals surface area (Å²) in [5.41, 5.74) is -0.432. The third-order valence-electron chi connectivity index (χ3n) is 4.24. The molecule has 0 radical (unpaired) electrons. The van der Waals surface area contributed by atoms with Crippen molar-refractivity contribution in [1.82, 2.24) is 15.5 Å². The van der Waals surface area contributed by atoms with Crippen molar-refractivity contribution in [2.75, 3.05) is 11.1 Å². The Balaban J connectivity index is 1.35. The highest BCUT2D eigenvalue weighted by molar-refractivity contribution is 8.18. The monoisotopic (exact) mass is 555 g/mol. The second kappa shape index (κ2) is 10.8. The van der Waals surface area contributed by atoms with Crippen LogP contribution in [0.1, 0.15) is 11.1 Å². The number of halogens is 4. The minimum atomic E-state index is -4.58. The van der Waals surface area contributed by atoms with Crippen molar-refractivity contribution in [3.63, 3.8) is 0 Å². The molecule has 0 atom stereocenters. The zero-order valence-corrected chi connectivity index (χ0v) is 20.5. The molecule has 1 aromatic heterocycles. The van der Waals surface area contributed by atoms with E-state index in [0.717, 1.165) is 46.5 Å². The fourth-order valence-corrected chi connectivity index (χ4v) is 5.26. The number of alkyl halides is 3. The Labute approximate surface area is 214 Å². The summed E-state index contributed by atoms with van der Waals surface area (Å²) in [6.07, 6.45) is -2.88. The van der Waals surface area contributed by atoms with Gasteiger partial charge in [0.25, 0.3) is 5.91 Å². The SMILES string of the molecule is O=C(CSc1nnc(/N=C2\NC(=O)/C(=C/c3ccc(Cl)cc3)S2)s1)Nc1ccccc1C(F)(F)F. The quantitative estimate of drug-likeness (QED) is 0.293. The number of aromatic nitrogens is 2. The molecule has 35 heavy (non-hydrogen) atoms. The van der Waals surface area contributed by atoms with Gasteiger partial charge < -0.3 is 10.6 Å². The molecule has 4 rings (SSSR count). The Morgan fingerprint density at radius 3 is 2.66 bits per heavy atom. The lowest BCUT2D eigenvalue weighted by atomic mass is 10.1. The first kappa shape index (κ1) is 25.2. The lowest BCUT2D eigenvalue weighted by Crippen LogP contribution is -2.19. The number of carbonyl (C=O) groups excluding carboxylic acids is 2. The van der Waals surface area contributed by atoms with Crippen molar-refractivity contribution in [3.05, 3.63) is 69.6 Å². The van der Waals surface area contributed by atoms with Gasteiger partial charge in [-0.15, -0.1) is 10.2 Å². The molecular formula is C21H13ClF3N5O2S3. The van der Waals surface area contributed by atoms with Gasteiger partial charge in [0.05, 0.1) is 21.9 Å². The first-order chi connectivity index (χ1) is 16.7. The number of benzene rings is 2. The van der Waals surface area contributed by atoms with Crippen LogP contribution in [0.4, 0.5) is 24.0 Å². The van der Waals surface area contributed by atoms with Gasteiger partial charge in [0.15, 0.2) is 9.51 Å². The number of hydrogen-bond donors (Lipinski definition) is 2. The Kier molecular flexibility index (Phi) is 7.79. The average Bonchev–Trinajstić information content (AvgIpc) is 3.39. The Morgan fingerprint density at radius 2 is 1.91 bits per heavy atom. The van der Waals surface area contributed by atoms with Crippen LogP contribution in [0.5, 0.6) is 0 Å². The molecule has 1 aliphatic rings. The summed E-state index contributed by atoms with van der Waals surface area (Å²) in [6.45, 7) is 0. The second-order valence-electron chi connectivity index (χ2n) is 6.76. The van der Waals surface area contributed by atoms with E-state index in [0.29, 0.717) is 19.4 Å². The molecule has 3 aromatic rings. The van der Waals surface area contributed by atoms with Crippen molar-refractivity contribution in [1.29, 1.82) is 0 Å². The number of nitrogens with one attached hydrogen (secondary N) is 2. The lowest BCUT2D eigenvalue weighted by Gasteiger charge is -2.13. The van der Waals surface area contributed by atoms with Gasteiger partial charge in [-0.1, -0.05) is 59.0 Å². The van der Waals surface area contributed by atoms with Crippen molar-refractivity contribution in [2.24, 2.45) is 4.99 Å². The molecule has 0 unspecified atom stereocenters. The summed E-state index contributed by atoms with van der Waals surface area (Å²) in [4.78, 5) is 29.1. The predicted molar refractivity (Wildman–Crippen MR) is 133 cm³/mol. The third-order valence-corrected chi connectivity index (χ3v) is 7.36. The van der Waals surface area contributed by atoms with Crippen molar-refractivity contribution in [3.8, 4) is 0 Å². The summed E-state index contributed by atoms with van der Waals surface area (Å²) in [5.74, 6) is -1.10. The van der Waals surface area contributed by atoms with Crippen LogP contribution in [-0.2, 0) is 15.8 Å². The van der Waals surface area contributed by atoms with Gasteiger partial charge in [-0.25, -0.2) is 0 Å². The topological polar surface area (TPSA) is 96.3 Å². The van der Waals surface area contributed by atoms with Crippen LogP contribution in [0, 0.1) is 0 Å². The molecule has 7 nitrogen and oxygen atoms in total. The smallest absolute Gasteiger partial charge is 0.325 e. The normalized spacial score (nSPS) is 16.1. The molecule has 2 heterocycles. The Morgan fingerprint density at radius 1 is 1.17 bits per heavy atom. The van der Waals surface area contributed by atoms with Crippen LogP contribution in [0.3, 0.4) is 0 Å². The van der Waals surface area contributed by atoms with E-state index in [-0.39, 0.29) is 22.5 Å². The number of nitrogens with zero attached hydrogens (tertiary/aromatic N) is 3. The van der Waals surface area contributed by atoms with Gasteiger partial charge in [-0.3, -0.25) is 9.59 Å². The standard InChI is InChI=1S/C21H13ClF3N5O2S3/c22-12-7-5-11(6-8-12)9-15-17(32)27-18(34-15)28-19-29-30-20(35-19)33-10-16(31)26-14-4-2-1-3-13(14)21(23,24)25/h1-9H,10H2,(H,26,31)(H,27,28,29,32)/b15-9-. The highest BCUT2D eigenvalue weighted by atomic mass is 35.5. The Bertz CT molecular complexity index is 1330. The molecule has 14 heteroatoms. The summed E-state index contributed by atoms with van der Waals surface area (Å²) in [5, 5.41) is 13.9. The zero-order valence-electron chi connectivity index (χ0n) is 17.3. The molecule has 0 bridgehead atoms. The lowest BCUT2D eigenvalue weighted by molar-refractivity contribution is -0.137. The molecular weight excluding hydrogens is 543 g/mol. The maximum absolute atomic E-state index is 13.1. The minimum absolute atomic E-state index is 0.170. The van der Waals surface area contributed by atoms with Crippen LogP contribution in [0.2, 0.25) is 5.02 Å². The number of hydrogen-bond acceptors (Lipinski definition) is 8. The molecule has 180 valence electrons. The van der Waals surface area contributed by atoms with Gasteiger partial charge in [0, 0.05) is 5.02 Å². The van der Waals surface area contributed by atoms with Crippen LogP contribution >= 0.6 is 46.5 Å². The van der Waals surface area contributed by atoms with E-state index in [9.17, 15) is 22.8 Å². The summed E-state index contributed by atoms with van der Waals surface area (Å²) < 4.78 is 39.6. The van der Waals surface area contributed by atoms with Gasteiger partial charge in [-0.05, 0) is 47.7 Å². The number of amidine groups is 1. The molecule has 1 fully saturated rings. The first-order valence-corrected chi connectivity index (χ1v) is 12.6. The highest BCUT2D eigenvalue weighted by Crippen LogP contribution is 2.35. The summed E-state index contributed by atoms with van der Waals surface area (Å²) in [7, 11) is 0. The average molecular weight is 556 g/mol. The molecule has 0 aliphatic carbocycles. The number of aliphatic imine (C=N–C) groups is 1. The summed E-state index contributed by atoms with van der Waals surface area (Å²) in [6, 6.07) is 11.7. The van der Waals surface area contributed by atoms with Gasteiger partial charge in [0.2, 0.25) is 11.0 Å². The van der Waals surface area contributed by atoms with Crippen LogP contribution in [0.15, 0.2) is 62.8 Å². The fraction of sp³-hybridized carbons (Fsp3) is 0.0952. The van der Waals surface area contributed by atoms with E-state index in [1.165, 1.54) is 18.2 Å². The second-order valence-corrected chi connectivity index (χ2v) is 10.4. The van der Waals surface area contributed by atoms with E-state index >= 15 is 0 Å². The van der Waals surface area contributed by atoms with Crippen LogP contribution < -0.4 is 10.6 Å². The number of anilines is 1. The number of rotatable bonds is 6. The Hall–Kier alpha value is -2.87. The molecule has 0 saturated carbocycles. The number of amides is 2. The van der Waals surface area contributed by atoms with E-state index in [4.69, 9.17) is 11.6 Å². The summed E-state index contributed by atoms with van der Waals surface area (Å²) >= 11 is 9.10. The number of thioether (sulfide) groups is 2. The van der Waals surface area contributed by atoms with E-state index in [2.05, 4.69) is 25.8 Å². The van der Waals surface area contributed by atoms with E-state index < -0.39 is 17.6 Å². The van der Waals surface area contributed by atoms with Crippen molar-refractivity contribution >= 4 is 80.3 Å². The maximum atomic E-state index is 13.1. The largest absolute Gasteiger partial charge is 0.418 e. The molecule has 2 amide bonds. The maximum Gasteiger partial charge on any atom is 0.418 e. The fourth-order valence-electron chi connectivity index (χ4n) is 2.74. The predicted octanol–water partition coefficient (Wildman–Crippen LogP) is 5.83. The highest BCUT2D eigenvalue weighted by Gasteiger charge is 2.33. The van der Waals surface area contributed by atoms with Crippen molar-refractivity contribution in [2.45, 2.75) is 10.5 Å². The number of para-hydroxylation sites is 1. The van der Waals surface area contributed by atoms with Crippen LogP contribution in [0.25, 0.3) is 6.08 Å². The molecule has 1 aliphatic heterocycles. The van der Waals surface area contributed by atoms with Gasteiger partial charge in [-0.2, -0.15) is 18.2 Å². The van der Waals surface area contributed by atoms with Gasteiger partial charge in [0.1, 0.15) is 0 Å². The number of carbonyl (C=O) groups is 2. The molecule has 2 N–H and O–H groups in total. The third kappa shape index (κ3) is 6.84. The van der Waals surface area contributed by atoms with E-state index in [1.807, 2.05) is 0 Å². The first-order valence-electron chi connectivity index (χ1n) is 9.65. The molecule has 1 saturated heterocycles. The van der Waals surface area contributed by atoms with E-state index in [1.54, 1.807) is 30.3 Å². The van der Waals surface area contributed by atoms with Crippen LogP contribution in [-0.4, -0.2) is 32.9 Å². The van der Waals surface area contributed by atoms with Gasteiger partial charge >= 0.3 is 6.18 Å². The minimum Gasteiger partial charge on any atom is -0.325 e.